The molecule has 0 aromatic carbocycles. The van der Waals surface area contributed by atoms with Crippen LogP contribution in [0.2, 0.25) is 0 Å². The minimum atomic E-state index is 0.000852. The van der Waals surface area contributed by atoms with Gasteiger partial charge < -0.3 is 10.2 Å². The van der Waals surface area contributed by atoms with Crippen LogP contribution in [0.4, 0.5) is 5.82 Å². The van der Waals surface area contributed by atoms with E-state index in [0.29, 0.717) is 5.69 Å². The summed E-state index contributed by atoms with van der Waals surface area (Å²) in [6.07, 6.45) is 5.57. The van der Waals surface area contributed by atoms with Gasteiger partial charge in [-0.1, -0.05) is 0 Å². The molecule has 0 radical (unpaired) electrons. The van der Waals surface area contributed by atoms with Crippen LogP contribution < -0.4 is 5.32 Å². The number of anilines is 1. The van der Waals surface area contributed by atoms with E-state index in [0.717, 1.165) is 30.8 Å². The molecule has 2 aromatic heterocycles. The molecule has 0 saturated carbocycles. The fourth-order valence-electron chi connectivity index (χ4n) is 2.82. The minimum absolute atomic E-state index is 0.000852. The van der Waals surface area contributed by atoms with E-state index < -0.39 is 0 Å². The van der Waals surface area contributed by atoms with Gasteiger partial charge in [-0.3, -0.25) is 9.48 Å². The Morgan fingerprint density at radius 1 is 1.43 bits per heavy atom. The molecule has 1 N–H and O–H groups in total. The molecule has 0 aliphatic carbocycles. The van der Waals surface area contributed by atoms with E-state index in [1.54, 1.807) is 23.1 Å². The quantitative estimate of drug-likeness (QED) is 0.934. The highest BCUT2D eigenvalue weighted by Gasteiger charge is 2.31. The topological polar surface area (TPSA) is 63.1 Å². The SMILES string of the molecule is CNc1cc([C@@H]2CCCN2C(=O)c2ccn(C)n2)ccn1. The molecule has 1 fully saturated rings. The second kappa shape index (κ2) is 5.55. The average Bonchev–Trinajstić information content (AvgIpc) is 3.15. The predicted octanol–water partition coefficient (Wildman–Crippen LogP) is 1.83. The number of pyridine rings is 1. The van der Waals surface area contributed by atoms with Gasteiger partial charge in [-0.05, 0) is 36.6 Å². The first kappa shape index (κ1) is 13.6. The number of nitrogens with one attached hydrogen (secondary N) is 1. The van der Waals surface area contributed by atoms with Crippen molar-refractivity contribution in [3.05, 3.63) is 41.9 Å². The van der Waals surface area contributed by atoms with Gasteiger partial charge in [-0.25, -0.2) is 4.98 Å². The third kappa shape index (κ3) is 2.61. The second-order valence-corrected chi connectivity index (χ2v) is 5.26. The van der Waals surface area contributed by atoms with Crippen LogP contribution in [0, 0.1) is 0 Å². The summed E-state index contributed by atoms with van der Waals surface area (Å²) < 4.78 is 1.66. The van der Waals surface area contributed by atoms with Crippen LogP contribution in [0.15, 0.2) is 30.6 Å². The van der Waals surface area contributed by atoms with Crippen LogP contribution in [-0.2, 0) is 7.05 Å². The second-order valence-electron chi connectivity index (χ2n) is 5.26. The molecule has 1 aliphatic heterocycles. The molecule has 3 heterocycles. The summed E-state index contributed by atoms with van der Waals surface area (Å²) in [7, 11) is 3.66. The highest BCUT2D eigenvalue weighted by Crippen LogP contribution is 2.33. The molecule has 6 nitrogen and oxygen atoms in total. The number of likely N-dealkylation sites (tertiary alicyclic amines) is 1. The highest BCUT2D eigenvalue weighted by molar-refractivity contribution is 5.92. The number of rotatable bonds is 3. The Morgan fingerprint density at radius 2 is 2.29 bits per heavy atom. The van der Waals surface area contributed by atoms with Gasteiger partial charge in [0.05, 0.1) is 6.04 Å². The van der Waals surface area contributed by atoms with Gasteiger partial charge in [0.1, 0.15) is 11.5 Å². The Kier molecular flexibility index (Phi) is 3.60. The van der Waals surface area contributed by atoms with E-state index in [1.807, 2.05) is 31.1 Å². The highest BCUT2D eigenvalue weighted by atomic mass is 16.2. The van der Waals surface area contributed by atoms with E-state index in [-0.39, 0.29) is 11.9 Å². The molecule has 0 unspecified atom stereocenters. The van der Waals surface area contributed by atoms with Crippen molar-refractivity contribution in [2.45, 2.75) is 18.9 Å². The first-order valence-electron chi connectivity index (χ1n) is 7.13. The van der Waals surface area contributed by atoms with Crippen molar-refractivity contribution < 1.29 is 4.79 Å². The van der Waals surface area contributed by atoms with E-state index >= 15 is 0 Å². The van der Waals surface area contributed by atoms with Crippen molar-refractivity contribution in [1.82, 2.24) is 19.7 Å². The lowest BCUT2D eigenvalue weighted by Crippen LogP contribution is -2.31. The van der Waals surface area contributed by atoms with E-state index in [2.05, 4.69) is 15.4 Å². The molecule has 2 aromatic rings. The zero-order valence-corrected chi connectivity index (χ0v) is 12.3. The van der Waals surface area contributed by atoms with Crippen molar-refractivity contribution in [2.75, 3.05) is 18.9 Å². The molecule has 0 bridgehead atoms. The summed E-state index contributed by atoms with van der Waals surface area (Å²) in [5, 5.41) is 7.26. The number of carbonyl (C=O) groups excluding carboxylic acids is 1. The maximum Gasteiger partial charge on any atom is 0.274 e. The molecule has 1 aliphatic rings. The Bertz CT molecular complexity index is 651. The van der Waals surface area contributed by atoms with Crippen LogP contribution in [-0.4, -0.2) is 39.2 Å². The van der Waals surface area contributed by atoms with Crippen molar-refractivity contribution in [3.8, 4) is 0 Å². The first-order valence-corrected chi connectivity index (χ1v) is 7.13. The summed E-state index contributed by atoms with van der Waals surface area (Å²) in [5.41, 5.74) is 1.63. The third-order valence-corrected chi connectivity index (χ3v) is 3.87. The molecule has 0 spiro atoms. The number of nitrogens with zero attached hydrogens (tertiary/aromatic N) is 4. The van der Waals surface area contributed by atoms with Crippen LogP contribution in [0.25, 0.3) is 0 Å². The summed E-state index contributed by atoms with van der Waals surface area (Å²) in [4.78, 5) is 18.8. The molecule has 1 atom stereocenters. The summed E-state index contributed by atoms with van der Waals surface area (Å²) in [6, 6.07) is 5.86. The van der Waals surface area contributed by atoms with Gasteiger partial charge in [-0.15, -0.1) is 0 Å². The number of aromatic nitrogens is 3. The number of carbonyl (C=O) groups is 1. The Balaban J connectivity index is 1.86. The summed E-state index contributed by atoms with van der Waals surface area (Å²) in [5.74, 6) is 0.825. The molecule has 6 heteroatoms. The predicted molar refractivity (Wildman–Crippen MR) is 80.0 cm³/mol. The zero-order valence-electron chi connectivity index (χ0n) is 12.3. The lowest BCUT2D eigenvalue weighted by atomic mass is 10.1. The van der Waals surface area contributed by atoms with Crippen LogP contribution in [0.3, 0.4) is 0 Å². The number of hydrogen-bond acceptors (Lipinski definition) is 4. The zero-order chi connectivity index (χ0) is 14.8. The van der Waals surface area contributed by atoms with Crippen LogP contribution in [0.1, 0.15) is 34.9 Å². The molecule has 1 saturated heterocycles. The van der Waals surface area contributed by atoms with Crippen LogP contribution in [0.5, 0.6) is 0 Å². The number of amides is 1. The standard InChI is InChI=1S/C15H19N5O/c1-16-14-10-11(5-7-17-14)13-4-3-8-20(13)15(21)12-6-9-19(2)18-12/h5-7,9-10,13H,3-4,8H2,1-2H3,(H,16,17)/t13-/m0/s1. The van der Waals surface area contributed by atoms with Gasteiger partial charge in [0.25, 0.3) is 5.91 Å². The smallest absolute Gasteiger partial charge is 0.274 e. The molecule has 1 amide bonds. The fourth-order valence-corrected chi connectivity index (χ4v) is 2.82. The van der Waals surface area contributed by atoms with Crippen molar-refractivity contribution >= 4 is 11.7 Å². The Morgan fingerprint density at radius 3 is 3.00 bits per heavy atom. The molecular weight excluding hydrogens is 266 g/mol. The van der Waals surface area contributed by atoms with Gasteiger partial charge in [0, 0.05) is 33.0 Å². The monoisotopic (exact) mass is 285 g/mol. The normalized spacial score (nSPS) is 18.0. The molecule has 3 rings (SSSR count). The number of hydrogen-bond donors (Lipinski definition) is 1. The largest absolute Gasteiger partial charge is 0.373 e. The van der Waals surface area contributed by atoms with Crippen LogP contribution >= 0.6 is 0 Å². The van der Waals surface area contributed by atoms with E-state index in [1.165, 1.54) is 0 Å². The Labute approximate surface area is 123 Å². The van der Waals surface area contributed by atoms with E-state index in [9.17, 15) is 4.79 Å². The molecule has 110 valence electrons. The van der Waals surface area contributed by atoms with Gasteiger partial charge in [0.2, 0.25) is 0 Å². The van der Waals surface area contributed by atoms with Crippen molar-refractivity contribution in [2.24, 2.45) is 7.05 Å². The first-order chi connectivity index (χ1) is 10.2. The molecular formula is C15H19N5O. The van der Waals surface area contributed by atoms with Crippen molar-refractivity contribution in [1.29, 1.82) is 0 Å². The third-order valence-electron chi connectivity index (χ3n) is 3.87. The summed E-state index contributed by atoms with van der Waals surface area (Å²) in [6.45, 7) is 0.775. The van der Waals surface area contributed by atoms with E-state index in [4.69, 9.17) is 0 Å². The van der Waals surface area contributed by atoms with Gasteiger partial charge in [0.15, 0.2) is 0 Å². The lowest BCUT2D eigenvalue weighted by Gasteiger charge is -2.24. The van der Waals surface area contributed by atoms with Gasteiger partial charge in [-0.2, -0.15) is 5.10 Å². The minimum Gasteiger partial charge on any atom is -0.373 e. The lowest BCUT2D eigenvalue weighted by molar-refractivity contribution is 0.0729. The number of aryl methyl sites for hydroxylation is 1. The fraction of sp³-hybridized carbons (Fsp3) is 0.400. The van der Waals surface area contributed by atoms with Gasteiger partial charge >= 0.3 is 0 Å². The maximum atomic E-state index is 12.6. The van der Waals surface area contributed by atoms with Crippen molar-refractivity contribution in [3.63, 3.8) is 0 Å². The maximum absolute atomic E-state index is 12.6. The Hall–Kier alpha value is -2.37. The summed E-state index contributed by atoms with van der Waals surface area (Å²) >= 11 is 0. The average molecular weight is 285 g/mol. The molecule has 21 heavy (non-hydrogen) atoms.